The SMILES string of the molecule is COc1ccc2nc(Sc3ccc(C(=O)O)nc3)[nH]c2c1. The molecule has 1 aromatic carbocycles. The summed E-state index contributed by atoms with van der Waals surface area (Å²) in [5.41, 5.74) is 1.74. The van der Waals surface area contributed by atoms with E-state index in [-0.39, 0.29) is 5.69 Å². The number of imidazole rings is 1. The lowest BCUT2D eigenvalue weighted by Crippen LogP contribution is -1.98. The maximum Gasteiger partial charge on any atom is 0.354 e. The largest absolute Gasteiger partial charge is 0.497 e. The maximum atomic E-state index is 10.7. The Labute approximate surface area is 124 Å². The van der Waals surface area contributed by atoms with Crippen molar-refractivity contribution >= 4 is 28.8 Å². The molecule has 0 bridgehead atoms. The number of aromatic carboxylic acids is 1. The number of H-pyrrole nitrogens is 1. The van der Waals surface area contributed by atoms with Crippen LogP contribution in [0.1, 0.15) is 10.5 Å². The predicted octanol–water partition coefficient (Wildman–Crippen LogP) is 2.82. The van der Waals surface area contributed by atoms with Crippen LogP contribution in [0.4, 0.5) is 0 Å². The second kappa shape index (κ2) is 5.45. The molecule has 2 N–H and O–H groups in total. The van der Waals surface area contributed by atoms with Crippen LogP contribution in [-0.2, 0) is 0 Å². The molecular formula is C14H11N3O3S. The zero-order valence-corrected chi connectivity index (χ0v) is 11.8. The molecule has 3 rings (SSSR count). The fourth-order valence-corrected chi connectivity index (χ4v) is 2.59. The van der Waals surface area contributed by atoms with Crippen molar-refractivity contribution in [1.29, 1.82) is 0 Å². The number of pyridine rings is 1. The van der Waals surface area contributed by atoms with Gasteiger partial charge in [-0.2, -0.15) is 0 Å². The first-order valence-corrected chi connectivity index (χ1v) is 6.88. The Balaban J connectivity index is 1.85. The molecule has 0 fully saturated rings. The lowest BCUT2D eigenvalue weighted by molar-refractivity contribution is 0.0690. The van der Waals surface area contributed by atoms with Crippen LogP contribution in [0.5, 0.6) is 5.75 Å². The molecule has 0 saturated heterocycles. The number of nitrogens with zero attached hydrogens (tertiary/aromatic N) is 2. The molecule has 0 amide bonds. The quantitative estimate of drug-likeness (QED) is 0.770. The summed E-state index contributed by atoms with van der Waals surface area (Å²) in [5.74, 6) is -0.280. The topological polar surface area (TPSA) is 88.1 Å². The zero-order valence-electron chi connectivity index (χ0n) is 11.0. The highest BCUT2D eigenvalue weighted by Gasteiger charge is 2.08. The van der Waals surface area contributed by atoms with Gasteiger partial charge in [-0.3, -0.25) is 0 Å². The molecule has 0 saturated carbocycles. The van der Waals surface area contributed by atoms with Gasteiger partial charge in [0.15, 0.2) is 5.16 Å². The molecule has 2 heterocycles. The van der Waals surface area contributed by atoms with E-state index in [1.165, 1.54) is 24.0 Å². The minimum atomic E-state index is -1.04. The van der Waals surface area contributed by atoms with Crippen molar-refractivity contribution in [3.05, 3.63) is 42.2 Å². The number of methoxy groups -OCH3 is 1. The van der Waals surface area contributed by atoms with Crippen molar-refractivity contribution in [3.8, 4) is 5.75 Å². The number of fused-ring (bicyclic) bond motifs is 1. The molecule has 2 aromatic heterocycles. The second-order valence-corrected chi connectivity index (χ2v) is 5.27. The third-order valence-corrected chi connectivity index (χ3v) is 3.70. The summed E-state index contributed by atoms with van der Waals surface area (Å²) < 4.78 is 5.17. The third kappa shape index (κ3) is 2.82. The number of hydrogen-bond donors (Lipinski definition) is 2. The summed E-state index contributed by atoms with van der Waals surface area (Å²) in [4.78, 5) is 23.1. The standard InChI is InChI=1S/C14H11N3O3S/c1-20-8-2-4-10-12(6-8)17-14(16-10)21-9-3-5-11(13(18)19)15-7-9/h2-7H,1H3,(H,16,17)(H,18,19). The molecule has 0 spiro atoms. The fraction of sp³-hybridized carbons (Fsp3) is 0.0714. The summed E-state index contributed by atoms with van der Waals surface area (Å²) in [5, 5.41) is 9.52. The van der Waals surface area contributed by atoms with Crippen molar-refractivity contribution in [1.82, 2.24) is 15.0 Å². The van der Waals surface area contributed by atoms with Gasteiger partial charge in [-0.15, -0.1) is 0 Å². The molecule has 0 radical (unpaired) electrons. The Bertz CT molecular complexity index is 799. The Morgan fingerprint density at radius 3 is 2.86 bits per heavy atom. The van der Waals surface area contributed by atoms with Gasteiger partial charge in [0.05, 0.1) is 18.1 Å². The zero-order chi connectivity index (χ0) is 14.8. The van der Waals surface area contributed by atoms with E-state index in [0.29, 0.717) is 5.16 Å². The molecule has 3 aromatic rings. The Hall–Kier alpha value is -2.54. The summed E-state index contributed by atoms with van der Waals surface area (Å²) in [6.45, 7) is 0. The molecule has 0 aliphatic heterocycles. The van der Waals surface area contributed by atoms with Gasteiger partial charge >= 0.3 is 5.97 Å². The molecule has 0 unspecified atom stereocenters. The van der Waals surface area contributed by atoms with E-state index >= 15 is 0 Å². The number of ether oxygens (including phenoxy) is 1. The minimum absolute atomic E-state index is 0.0219. The van der Waals surface area contributed by atoms with E-state index in [1.807, 2.05) is 18.2 Å². The number of aromatic amines is 1. The molecular weight excluding hydrogens is 290 g/mol. The van der Waals surface area contributed by atoms with Crippen LogP contribution in [-0.4, -0.2) is 33.1 Å². The number of hydrogen-bond acceptors (Lipinski definition) is 5. The van der Waals surface area contributed by atoms with E-state index < -0.39 is 5.97 Å². The number of nitrogens with one attached hydrogen (secondary N) is 1. The van der Waals surface area contributed by atoms with Crippen molar-refractivity contribution in [3.63, 3.8) is 0 Å². The third-order valence-electron chi connectivity index (χ3n) is 2.84. The summed E-state index contributed by atoms with van der Waals surface area (Å²) in [6.07, 6.45) is 1.52. The normalized spacial score (nSPS) is 10.7. The molecule has 0 aliphatic rings. The molecule has 6 nitrogen and oxygen atoms in total. The molecule has 21 heavy (non-hydrogen) atoms. The maximum absolute atomic E-state index is 10.7. The van der Waals surface area contributed by atoms with Gasteiger partial charge in [-0.25, -0.2) is 14.8 Å². The highest BCUT2D eigenvalue weighted by atomic mass is 32.2. The van der Waals surface area contributed by atoms with E-state index in [1.54, 1.807) is 13.2 Å². The number of aromatic nitrogens is 3. The van der Waals surface area contributed by atoms with Crippen molar-refractivity contribution in [2.24, 2.45) is 0 Å². The van der Waals surface area contributed by atoms with Gasteiger partial charge < -0.3 is 14.8 Å². The van der Waals surface area contributed by atoms with Crippen LogP contribution in [0.3, 0.4) is 0 Å². The first-order chi connectivity index (χ1) is 10.2. The van der Waals surface area contributed by atoms with Crippen LogP contribution in [0.2, 0.25) is 0 Å². The van der Waals surface area contributed by atoms with Gasteiger partial charge in [0, 0.05) is 17.2 Å². The van der Waals surface area contributed by atoms with Gasteiger partial charge in [0.2, 0.25) is 0 Å². The van der Waals surface area contributed by atoms with Crippen molar-refractivity contribution in [2.45, 2.75) is 10.1 Å². The van der Waals surface area contributed by atoms with Gasteiger partial charge in [0.1, 0.15) is 11.4 Å². The lowest BCUT2D eigenvalue weighted by Gasteiger charge is -1.98. The highest BCUT2D eigenvalue weighted by molar-refractivity contribution is 7.99. The second-order valence-electron chi connectivity index (χ2n) is 4.21. The van der Waals surface area contributed by atoms with Crippen molar-refractivity contribution in [2.75, 3.05) is 7.11 Å². The average molecular weight is 301 g/mol. The van der Waals surface area contributed by atoms with E-state index in [2.05, 4.69) is 15.0 Å². The fourth-order valence-electron chi connectivity index (χ4n) is 1.82. The Kier molecular flexibility index (Phi) is 3.49. The van der Waals surface area contributed by atoms with E-state index in [0.717, 1.165) is 21.7 Å². The number of rotatable bonds is 4. The Morgan fingerprint density at radius 1 is 1.33 bits per heavy atom. The Morgan fingerprint density at radius 2 is 2.19 bits per heavy atom. The molecule has 106 valence electrons. The van der Waals surface area contributed by atoms with Gasteiger partial charge in [-0.1, -0.05) is 11.8 Å². The van der Waals surface area contributed by atoms with Crippen LogP contribution in [0, 0.1) is 0 Å². The van der Waals surface area contributed by atoms with Crippen LogP contribution in [0.15, 0.2) is 46.6 Å². The molecule has 0 atom stereocenters. The molecule has 0 aliphatic carbocycles. The summed E-state index contributed by atoms with van der Waals surface area (Å²) in [6, 6.07) is 8.77. The summed E-state index contributed by atoms with van der Waals surface area (Å²) >= 11 is 1.38. The monoisotopic (exact) mass is 301 g/mol. The van der Waals surface area contributed by atoms with Crippen molar-refractivity contribution < 1.29 is 14.6 Å². The number of carboxylic acids is 1. The lowest BCUT2D eigenvalue weighted by atomic mass is 10.3. The predicted molar refractivity (Wildman–Crippen MR) is 78.0 cm³/mol. The van der Waals surface area contributed by atoms with E-state index in [4.69, 9.17) is 9.84 Å². The number of benzene rings is 1. The molecule has 7 heteroatoms. The first kappa shape index (κ1) is 13.4. The van der Waals surface area contributed by atoms with Crippen LogP contribution >= 0.6 is 11.8 Å². The average Bonchev–Trinajstić information content (AvgIpc) is 2.88. The van der Waals surface area contributed by atoms with Crippen LogP contribution in [0.25, 0.3) is 11.0 Å². The van der Waals surface area contributed by atoms with E-state index in [9.17, 15) is 4.79 Å². The number of carboxylic acid groups (broad SMARTS) is 1. The highest BCUT2D eigenvalue weighted by Crippen LogP contribution is 2.28. The van der Waals surface area contributed by atoms with Gasteiger partial charge in [-0.05, 0) is 24.3 Å². The minimum Gasteiger partial charge on any atom is -0.497 e. The smallest absolute Gasteiger partial charge is 0.354 e. The first-order valence-electron chi connectivity index (χ1n) is 6.06. The van der Waals surface area contributed by atoms with Gasteiger partial charge in [0.25, 0.3) is 0 Å². The summed E-state index contributed by atoms with van der Waals surface area (Å²) in [7, 11) is 1.61. The van der Waals surface area contributed by atoms with Crippen LogP contribution < -0.4 is 4.74 Å². The number of carbonyl (C=O) groups is 1.